The summed E-state index contributed by atoms with van der Waals surface area (Å²) >= 11 is 0. The van der Waals surface area contributed by atoms with Crippen molar-refractivity contribution in [1.29, 1.82) is 0 Å². The van der Waals surface area contributed by atoms with Gasteiger partial charge in [0.25, 0.3) is 0 Å². The van der Waals surface area contributed by atoms with Crippen LogP contribution >= 0.6 is 0 Å². The van der Waals surface area contributed by atoms with E-state index in [0.717, 1.165) is 19.7 Å². The molecule has 3 heteroatoms. The molecular weight excluding hydrogens is 260 g/mol. The van der Waals surface area contributed by atoms with Gasteiger partial charge in [-0.25, -0.2) is 0 Å². The second-order valence-electron chi connectivity index (χ2n) is 8.43. The molecule has 1 saturated carbocycles. The van der Waals surface area contributed by atoms with Crippen LogP contribution in [0, 0.1) is 0 Å². The summed E-state index contributed by atoms with van der Waals surface area (Å²) in [7, 11) is 0. The van der Waals surface area contributed by atoms with E-state index < -0.39 is 0 Å². The minimum atomic E-state index is -0.0286. The Bertz CT molecular complexity index is 331. The van der Waals surface area contributed by atoms with E-state index in [0.29, 0.717) is 5.54 Å². The lowest BCUT2D eigenvalue weighted by Crippen LogP contribution is -2.69. The van der Waals surface area contributed by atoms with Crippen LogP contribution in [0.4, 0.5) is 0 Å². The van der Waals surface area contributed by atoms with E-state index in [1.807, 2.05) is 0 Å². The van der Waals surface area contributed by atoms with Crippen LogP contribution < -0.4 is 5.32 Å². The molecule has 1 spiro atoms. The number of nitrogens with zero attached hydrogens (tertiary/aromatic N) is 1. The first-order chi connectivity index (χ1) is 9.79. The minimum Gasteiger partial charge on any atom is -0.375 e. The second kappa shape index (κ2) is 6.55. The number of piperazine rings is 1. The van der Waals surface area contributed by atoms with Crippen molar-refractivity contribution in [3.8, 4) is 0 Å². The fourth-order valence-corrected chi connectivity index (χ4v) is 3.82. The molecule has 21 heavy (non-hydrogen) atoms. The van der Waals surface area contributed by atoms with E-state index in [9.17, 15) is 0 Å². The normalized spacial score (nSPS) is 30.7. The Morgan fingerprint density at radius 3 is 2.38 bits per heavy atom. The third-order valence-electron chi connectivity index (χ3n) is 5.57. The Balaban J connectivity index is 1.98. The van der Waals surface area contributed by atoms with Gasteiger partial charge in [0.2, 0.25) is 0 Å². The Hall–Kier alpha value is -0.120. The zero-order valence-corrected chi connectivity index (χ0v) is 14.9. The highest BCUT2D eigenvalue weighted by atomic mass is 16.5. The quantitative estimate of drug-likeness (QED) is 0.858. The van der Waals surface area contributed by atoms with E-state index in [-0.39, 0.29) is 11.1 Å². The molecule has 1 aliphatic carbocycles. The molecule has 0 aromatic heterocycles. The summed E-state index contributed by atoms with van der Waals surface area (Å²) in [6.07, 6.45) is 8.10. The highest BCUT2D eigenvalue weighted by molar-refractivity contribution is 5.04. The zero-order valence-electron chi connectivity index (χ0n) is 14.9. The molecule has 2 aliphatic rings. The summed E-state index contributed by atoms with van der Waals surface area (Å²) in [5, 5.41) is 3.93. The molecule has 0 aromatic rings. The lowest BCUT2D eigenvalue weighted by atomic mass is 9.77. The number of hydrogen-bond acceptors (Lipinski definition) is 3. The molecule has 124 valence electrons. The standard InChI is InChI=1S/C18H36N2O/c1-6-17(5)14-19-18(10-8-7-9-11-18)15-20(17)12-13-21-16(2,3)4/h19H,6-15H2,1-5H3. The average molecular weight is 296 g/mol. The summed E-state index contributed by atoms with van der Waals surface area (Å²) in [4.78, 5) is 2.71. The van der Waals surface area contributed by atoms with Gasteiger partial charge in [-0.05, 0) is 47.0 Å². The minimum absolute atomic E-state index is 0.0286. The predicted molar refractivity (Wildman–Crippen MR) is 89.8 cm³/mol. The van der Waals surface area contributed by atoms with Crippen molar-refractivity contribution < 1.29 is 4.74 Å². The van der Waals surface area contributed by atoms with Crippen LogP contribution in [0.25, 0.3) is 0 Å². The molecule has 0 aromatic carbocycles. The van der Waals surface area contributed by atoms with E-state index >= 15 is 0 Å². The van der Waals surface area contributed by atoms with Crippen LogP contribution in [0.1, 0.15) is 73.1 Å². The van der Waals surface area contributed by atoms with Crippen LogP contribution in [0.5, 0.6) is 0 Å². The third-order valence-corrected chi connectivity index (χ3v) is 5.57. The maximum absolute atomic E-state index is 5.98. The SMILES string of the molecule is CCC1(C)CNC2(CCCCC2)CN1CCOC(C)(C)C. The average Bonchev–Trinajstić information content (AvgIpc) is 2.43. The molecule has 1 heterocycles. The van der Waals surface area contributed by atoms with Gasteiger partial charge in [-0.3, -0.25) is 4.90 Å². The smallest absolute Gasteiger partial charge is 0.0600 e. The van der Waals surface area contributed by atoms with Crippen molar-refractivity contribution in [2.45, 2.75) is 89.8 Å². The van der Waals surface area contributed by atoms with Crippen molar-refractivity contribution in [3.05, 3.63) is 0 Å². The maximum Gasteiger partial charge on any atom is 0.0600 e. The lowest BCUT2D eigenvalue weighted by molar-refractivity contribution is -0.0518. The molecule has 2 rings (SSSR count). The molecule has 1 saturated heterocycles. The Morgan fingerprint density at radius 1 is 1.14 bits per heavy atom. The Labute approximate surface area is 131 Å². The number of nitrogens with one attached hydrogen (secondary N) is 1. The van der Waals surface area contributed by atoms with Gasteiger partial charge >= 0.3 is 0 Å². The highest BCUT2D eigenvalue weighted by Crippen LogP contribution is 2.35. The lowest BCUT2D eigenvalue weighted by Gasteiger charge is -2.54. The van der Waals surface area contributed by atoms with E-state index in [2.05, 4.69) is 44.8 Å². The number of ether oxygens (including phenoxy) is 1. The first-order valence-corrected chi connectivity index (χ1v) is 8.93. The van der Waals surface area contributed by atoms with Gasteiger partial charge in [0.15, 0.2) is 0 Å². The van der Waals surface area contributed by atoms with Crippen LogP contribution in [0.15, 0.2) is 0 Å². The molecule has 0 amide bonds. The predicted octanol–water partition coefficient (Wildman–Crippen LogP) is 3.58. The first kappa shape index (κ1) is 17.2. The van der Waals surface area contributed by atoms with Gasteiger partial charge in [0.1, 0.15) is 0 Å². The molecule has 3 nitrogen and oxygen atoms in total. The Kier molecular flexibility index (Phi) is 5.38. The van der Waals surface area contributed by atoms with Crippen LogP contribution in [0.3, 0.4) is 0 Å². The van der Waals surface area contributed by atoms with E-state index in [1.54, 1.807) is 0 Å². The molecule has 0 radical (unpaired) electrons. The van der Waals surface area contributed by atoms with Crippen molar-refractivity contribution >= 4 is 0 Å². The summed E-state index contributed by atoms with van der Waals surface area (Å²) in [6, 6.07) is 0. The number of rotatable bonds is 4. The van der Waals surface area contributed by atoms with Crippen molar-refractivity contribution in [2.24, 2.45) is 0 Å². The van der Waals surface area contributed by atoms with Gasteiger partial charge in [-0.15, -0.1) is 0 Å². The molecule has 1 atom stereocenters. The highest BCUT2D eigenvalue weighted by Gasteiger charge is 2.44. The molecular formula is C18H36N2O. The zero-order chi connectivity index (χ0) is 15.6. The van der Waals surface area contributed by atoms with E-state index in [1.165, 1.54) is 45.1 Å². The topological polar surface area (TPSA) is 24.5 Å². The van der Waals surface area contributed by atoms with Crippen LogP contribution in [-0.4, -0.2) is 47.8 Å². The molecule has 1 unspecified atom stereocenters. The third kappa shape index (κ3) is 4.43. The molecule has 0 bridgehead atoms. The summed E-state index contributed by atoms with van der Waals surface area (Å²) in [6.45, 7) is 15.4. The summed E-state index contributed by atoms with van der Waals surface area (Å²) < 4.78 is 5.98. The number of hydrogen-bond donors (Lipinski definition) is 1. The van der Waals surface area contributed by atoms with Gasteiger partial charge in [-0.1, -0.05) is 26.2 Å². The van der Waals surface area contributed by atoms with Crippen LogP contribution in [-0.2, 0) is 4.74 Å². The van der Waals surface area contributed by atoms with Crippen molar-refractivity contribution in [1.82, 2.24) is 10.2 Å². The fraction of sp³-hybridized carbons (Fsp3) is 1.00. The second-order valence-corrected chi connectivity index (χ2v) is 8.43. The van der Waals surface area contributed by atoms with Crippen LogP contribution in [0.2, 0.25) is 0 Å². The van der Waals surface area contributed by atoms with E-state index in [4.69, 9.17) is 4.74 Å². The maximum atomic E-state index is 5.98. The van der Waals surface area contributed by atoms with Crippen molar-refractivity contribution in [3.63, 3.8) is 0 Å². The summed E-state index contributed by atoms with van der Waals surface area (Å²) in [5.41, 5.74) is 0.637. The summed E-state index contributed by atoms with van der Waals surface area (Å²) in [5.74, 6) is 0. The van der Waals surface area contributed by atoms with Gasteiger partial charge in [0.05, 0.1) is 12.2 Å². The van der Waals surface area contributed by atoms with Gasteiger partial charge < -0.3 is 10.1 Å². The first-order valence-electron chi connectivity index (χ1n) is 8.93. The largest absolute Gasteiger partial charge is 0.375 e. The molecule has 2 fully saturated rings. The Morgan fingerprint density at radius 2 is 1.81 bits per heavy atom. The van der Waals surface area contributed by atoms with Gasteiger partial charge in [-0.2, -0.15) is 0 Å². The fourth-order valence-electron chi connectivity index (χ4n) is 3.82. The van der Waals surface area contributed by atoms with Gasteiger partial charge in [0, 0.05) is 30.7 Å². The molecule has 1 N–H and O–H groups in total. The van der Waals surface area contributed by atoms with Crippen molar-refractivity contribution in [2.75, 3.05) is 26.2 Å². The monoisotopic (exact) mass is 296 g/mol. The molecule has 1 aliphatic heterocycles.